The molecule has 0 atom stereocenters. The van der Waals surface area contributed by atoms with Crippen molar-refractivity contribution in [3.05, 3.63) is 17.0 Å². The highest BCUT2D eigenvalue weighted by Crippen LogP contribution is 2.23. The van der Waals surface area contributed by atoms with Gasteiger partial charge in [-0.1, -0.05) is 0 Å². The molecule has 0 aliphatic heterocycles. The summed E-state index contributed by atoms with van der Waals surface area (Å²) < 4.78 is 25.7. The van der Waals surface area contributed by atoms with Crippen molar-refractivity contribution >= 4 is 21.4 Å². The molecular weight excluding hydrogens is 272 g/mol. The van der Waals surface area contributed by atoms with Crippen molar-refractivity contribution in [2.24, 2.45) is 0 Å². The number of sulfonamides is 1. The SMILES string of the molecule is CN(CCCCCO)S(=O)(=O)c1ccc(C#N)s1. The monoisotopic (exact) mass is 288 g/mol. The molecule has 0 amide bonds. The van der Waals surface area contributed by atoms with Gasteiger partial charge in [0.1, 0.15) is 15.2 Å². The Labute approximate surface area is 111 Å². The second-order valence-electron chi connectivity index (χ2n) is 3.84. The van der Waals surface area contributed by atoms with E-state index in [9.17, 15) is 8.42 Å². The molecule has 1 N–H and O–H groups in total. The maximum Gasteiger partial charge on any atom is 0.252 e. The maximum atomic E-state index is 12.1. The molecule has 1 aromatic heterocycles. The molecular formula is C11H16N2O3S2. The van der Waals surface area contributed by atoms with Gasteiger partial charge >= 0.3 is 0 Å². The smallest absolute Gasteiger partial charge is 0.252 e. The first-order chi connectivity index (χ1) is 8.52. The van der Waals surface area contributed by atoms with E-state index in [2.05, 4.69) is 0 Å². The maximum absolute atomic E-state index is 12.1. The van der Waals surface area contributed by atoms with Crippen molar-refractivity contribution in [3.63, 3.8) is 0 Å². The Balaban J connectivity index is 2.65. The molecule has 1 rings (SSSR count). The van der Waals surface area contributed by atoms with E-state index in [-0.39, 0.29) is 10.8 Å². The van der Waals surface area contributed by atoms with E-state index in [1.807, 2.05) is 6.07 Å². The predicted octanol–water partition coefficient (Wildman–Crippen LogP) is 1.40. The lowest BCUT2D eigenvalue weighted by Crippen LogP contribution is -2.27. The van der Waals surface area contributed by atoms with Crippen LogP contribution in [0.2, 0.25) is 0 Å². The molecule has 0 aromatic carbocycles. The second-order valence-corrected chi connectivity index (χ2v) is 7.20. The summed E-state index contributed by atoms with van der Waals surface area (Å²) in [5.74, 6) is 0. The van der Waals surface area contributed by atoms with Gasteiger partial charge in [0.05, 0.1) is 0 Å². The van der Waals surface area contributed by atoms with Gasteiger partial charge in [-0.25, -0.2) is 12.7 Å². The van der Waals surface area contributed by atoms with E-state index < -0.39 is 10.0 Å². The number of rotatable bonds is 7. The van der Waals surface area contributed by atoms with Crippen LogP contribution in [0.5, 0.6) is 0 Å². The third kappa shape index (κ3) is 3.78. The van der Waals surface area contributed by atoms with Crippen molar-refractivity contribution in [1.82, 2.24) is 4.31 Å². The average Bonchev–Trinajstić information content (AvgIpc) is 2.83. The minimum Gasteiger partial charge on any atom is -0.396 e. The van der Waals surface area contributed by atoms with Crippen LogP contribution < -0.4 is 0 Å². The van der Waals surface area contributed by atoms with Gasteiger partial charge in [-0.05, 0) is 31.4 Å². The fraction of sp³-hybridized carbons (Fsp3) is 0.545. The summed E-state index contributed by atoms with van der Waals surface area (Å²) >= 11 is 0.981. The fourth-order valence-corrected chi connectivity index (χ4v) is 3.94. The summed E-state index contributed by atoms with van der Waals surface area (Å²) in [5.41, 5.74) is 0. The number of aliphatic hydroxyl groups is 1. The van der Waals surface area contributed by atoms with Gasteiger partial charge in [0.2, 0.25) is 0 Å². The van der Waals surface area contributed by atoms with Gasteiger partial charge < -0.3 is 5.11 Å². The van der Waals surface area contributed by atoms with Crippen LogP contribution in [0.25, 0.3) is 0 Å². The van der Waals surface area contributed by atoms with Gasteiger partial charge in [0.25, 0.3) is 10.0 Å². The Morgan fingerprint density at radius 3 is 2.67 bits per heavy atom. The summed E-state index contributed by atoms with van der Waals surface area (Å²) in [6, 6.07) is 4.90. The number of nitrogens with zero attached hydrogens (tertiary/aromatic N) is 2. The Morgan fingerprint density at radius 2 is 2.11 bits per heavy atom. The lowest BCUT2D eigenvalue weighted by molar-refractivity contribution is 0.281. The zero-order chi connectivity index (χ0) is 13.6. The second kappa shape index (κ2) is 6.85. The van der Waals surface area contributed by atoms with Crippen LogP contribution in [-0.2, 0) is 10.0 Å². The Hall–Kier alpha value is -0.940. The van der Waals surface area contributed by atoms with Crippen LogP contribution in [0.15, 0.2) is 16.3 Å². The van der Waals surface area contributed by atoms with Gasteiger partial charge in [0, 0.05) is 20.2 Å². The van der Waals surface area contributed by atoms with Crippen LogP contribution in [0.1, 0.15) is 24.1 Å². The fourth-order valence-electron chi connectivity index (χ4n) is 1.42. The molecule has 7 heteroatoms. The van der Waals surface area contributed by atoms with Crippen LogP contribution >= 0.6 is 11.3 Å². The molecule has 0 aliphatic rings. The lowest BCUT2D eigenvalue weighted by atomic mass is 10.2. The Morgan fingerprint density at radius 1 is 1.39 bits per heavy atom. The number of thiophene rings is 1. The Kier molecular flexibility index (Phi) is 5.75. The largest absolute Gasteiger partial charge is 0.396 e. The normalized spacial score (nSPS) is 11.7. The van der Waals surface area contributed by atoms with E-state index in [0.717, 1.165) is 17.8 Å². The summed E-state index contributed by atoms with van der Waals surface area (Å²) in [6.45, 7) is 0.551. The molecule has 0 saturated heterocycles. The van der Waals surface area contributed by atoms with Crippen LogP contribution in [0.3, 0.4) is 0 Å². The van der Waals surface area contributed by atoms with E-state index >= 15 is 0 Å². The van der Waals surface area contributed by atoms with Crippen molar-refractivity contribution in [1.29, 1.82) is 5.26 Å². The first kappa shape index (κ1) is 15.1. The number of hydrogen-bond acceptors (Lipinski definition) is 5. The first-order valence-corrected chi connectivity index (χ1v) is 7.85. The minimum atomic E-state index is -3.48. The van der Waals surface area contributed by atoms with E-state index in [1.165, 1.54) is 23.5 Å². The molecule has 1 aromatic rings. The molecule has 0 radical (unpaired) electrons. The number of unbranched alkanes of at least 4 members (excludes halogenated alkanes) is 2. The molecule has 0 unspecified atom stereocenters. The summed E-state index contributed by atoms with van der Waals surface area (Å²) in [5, 5.41) is 17.3. The van der Waals surface area contributed by atoms with Crippen LogP contribution in [0.4, 0.5) is 0 Å². The highest BCUT2D eigenvalue weighted by molar-refractivity contribution is 7.91. The highest BCUT2D eigenvalue weighted by Gasteiger charge is 2.22. The third-order valence-electron chi connectivity index (χ3n) is 2.49. The van der Waals surface area contributed by atoms with E-state index in [1.54, 1.807) is 0 Å². The average molecular weight is 288 g/mol. The highest BCUT2D eigenvalue weighted by atomic mass is 32.2. The molecule has 1 heterocycles. The number of nitriles is 1. The number of hydrogen-bond donors (Lipinski definition) is 1. The summed E-state index contributed by atoms with van der Waals surface area (Å²) in [7, 11) is -1.95. The van der Waals surface area contributed by atoms with Gasteiger partial charge in [-0.2, -0.15) is 5.26 Å². The number of aliphatic hydroxyl groups excluding tert-OH is 1. The molecule has 0 fully saturated rings. The van der Waals surface area contributed by atoms with Crippen molar-refractivity contribution in [2.45, 2.75) is 23.5 Å². The molecule has 18 heavy (non-hydrogen) atoms. The molecule has 100 valence electrons. The standard InChI is InChI=1S/C11H16N2O3S2/c1-13(7-3-2-4-8-14)18(15,16)11-6-5-10(9-12)17-11/h5-6,14H,2-4,7-8H2,1H3. The molecule has 0 spiro atoms. The van der Waals surface area contributed by atoms with Crippen LogP contribution in [-0.4, -0.2) is 38.0 Å². The topological polar surface area (TPSA) is 81.4 Å². The molecule has 0 bridgehead atoms. The molecule has 0 aliphatic carbocycles. The van der Waals surface area contributed by atoms with Gasteiger partial charge in [0.15, 0.2) is 0 Å². The molecule has 0 saturated carbocycles. The zero-order valence-electron chi connectivity index (χ0n) is 10.2. The van der Waals surface area contributed by atoms with Crippen LogP contribution in [0, 0.1) is 11.3 Å². The van der Waals surface area contributed by atoms with Crippen molar-refractivity contribution in [3.8, 4) is 6.07 Å². The van der Waals surface area contributed by atoms with Gasteiger partial charge in [-0.15, -0.1) is 11.3 Å². The summed E-state index contributed by atoms with van der Waals surface area (Å²) in [4.78, 5) is 0.391. The van der Waals surface area contributed by atoms with Crippen molar-refractivity contribution < 1.29 is 13.5 Å². The minimum absolute atomic E-state index is 0.132. The van der Waals surface area contributed by atoms with E-state index in [0.29, 0.717) is 24.3 Å². The van der Waals surface area contributed by atoms with E-state index in [4.69, 9.17) is 10.4 Å². The van der Waals surface area contributed by atoms with Gasteiger partial charge in [-0.3, -0.25) is 0 Å². The molecule has 5 nitrogen and oxygen atoms in total. The van der Waals surface area contributed by atoms with Crippen molar-refractivity contribution in [2.75, 3.05) is 20.2 Å². The first-order valence-electron chi connectivity index (χ1n) is 5.59. The predicted molar refractivity (Wildman–Crippen MR) is 69.8 cm³/mol. The Bertz CT molecular complexity index is 517. The quantitative estimate of drug-likeness (QED) is 0.769. The zero-order valence-corrected chi connectivity index (χ0v) is 11.8. The lowest BCUT2D eigenvalue weighted by Gasteiger charge is -2.15. The summed E-state index contributed by atoms with van der Waals surface area (Å²) in [6.07, 6.45) is 2.20. The third-order valence-corrected chi connectivity index (χ3v) is 5.80.